The Morgan fingerprint density at radius 2 is 0.952 bits per heavy atom. The Morgan fingerprint density at radius 1 is 0.452 bits per heavy atom. The fourth-order valence-electron chi connectivity index (χ4n) is 6.89. The van der Waals surface area contributed by atoms with Crippen LogP contribution in [0.2, 0.25) is 0 Å². The van der Waals surface area contributed by atoms with E-state index in [4.69, 9.17) is 0 Å². The average Bonchev–Trinajstić information content (AvgIpc) is 3.38. The number of aryl methyl sites for hydroxylation is 1. The molecule has 0 atom stereocenters. The number of nitrogens with zero attached hydrogens (tertiary/aromatic N) is 1. The third-order valence-corrected chi connectivity index (χ3v) is 9.12. The van der Waals surface area contributed by atoms with Crippen molar-refractivity contribution in [2.75, 3.05) is 0 Å². The molecular formula is C40H30BN. The van der Waals surface area contributed by atoms with Crippen LogP contribution >= 0.6 is 0 Å². The van der Waals surface area contributed by atoms with Crippen LogP contribution in [0.1, 0.15) is 11.1 Å². The summed E-state index contributed by atoms with van der Waals surface area (Å²) in [5, 5.41) is 7.85. The first-order valence-electron chi connectivity index (χ1n) is 14.8. The van der Waals surface area contributed by atoms with Crippen molar-refractivity contribution in [3.8, 4) is 16.8 Å². The van der Waals surface area contributed by atoms with Gasteiger partial charge in [-0.05, 0) is 76.3 Å². The van der Waals surface area contributed by atoms with Gasteiger partial charge in [0.1, 0.15) is 0 Å². The van der Waals surface area contributed by atoms with Gasteiger partial charge >= 0.3 is 0 Å². The Morgan fingerprint density at radius 3 is 1.52 bits per heavy atom. The molecule has 7 aromatic carbocycles. The Labute approximate surface area is 246 Å². The Kier molecular flexibility index (Phi) is 5.75. The third-order valence-electron chi connectivity index (χ3n) is 9.12. The lowest BCUT2D eigenvalue weighted by Gasteiger charge is -2.18. The van der Waals surface area contributed by atoms with Crippen molar-refractivity contribution < 1.29 is 0 Å². The molecule has 0 radical (unpaired) electrons. The van der Waals surface area contributed by atoms with Crippen LogP contribution in [-0.2, 0) is 0 Å². The lowest BCUT2D eigenvalue weighted by atomic mass is 9.59. The van der Waals surface area contributed by atoms with Gasteiger partial charge in [-0.2, -0.15) is 0 Å². The van der Waals surface area contributed by atoms with Gasteiger partial charge < -0.3 is 4.57 Å². The maximum absolute atomic E-state index is 2.39. The Balaban J connectivity index is 1.33. The van der Waals surface area contributed by atoms with Gasteiger partial charge in [0.25, 0.3) is 0 Å². The molecule has 0 unspecified atom stereocenters. The van der Waals surface area contributed by atoms with E-state index in [0.717, 1.165) is 7.28 Å². The van der Waals surface area contributed by atoms with E-state index in [0.29, 0.717) is 0 Å². The molecule has 2 heteroatoms. The highest BCUT2D eigenvalue weighted by atomic mass is 15.0. The van der Waals surface area contributed by atoms with Crippen LogP contribution in [-0.4, -0.2) is 11.8 Å². The summed E-state index contributed by atoms with van der Waals surface area (Å²) in [6.07, 6.45) is 0. The summed E-state index contributed by atoms with van der Waals surface area (Å²) in [5.74, 6) is 0. The highest BCUT2D eigenvalue weighted by Crippen LogP contribution is 2.37. The number of rotatable bonds is 4. The molecule has 0 saturated carbocycles. The van der Waals surface area contributed by atoms with Crippen LogP contribution in [0.4, 0.5) is 0 Å². The van der Waals surface area contributed by atoms with Gasteiger partial charge in [0.15, 0.2) is 7.28 Å². The molecule has 1 heterocycles. The molecule has 8 rings (SSSR count). The first-order chi connectivity index (χ1) is 20.7. The highest BCUT2D eigenvalue weighted by molar-refractivity contribution is 6.73. The lowest BCUT2D eigenvalue weighted by molar-refractivity contribution is 1.18. The zero-order valence-electron chi connectivity index (χ0n) is 23.9. The van der Waals surface area contributed by atoms with E-state index in [-0.39, 0.29) is 0 Å². The number of para-hydroxylation sites is 2. The van der Waals surface area contributed by atoms with E-state index in [1.807, 2.05) is 0 Å². The highest BCUT2D eigenvalue weighted by Gasteiger charge is 2.18. The van der Waals surface area contributed by atoms with Gasteiger partial charge in [0, 0.05) is 16.5 Å². The number of benzene rings is 7. The fourth-order valence-corrected chi connectivity index (χ4v) is 6.89. The van der Waals surface area contributed by atoms with Crippen molar-refractivity contribution in [1.82, 2.24) is 4.57 Å². The minimum Gasteiger partial charge on any atom is -0.309 e. The predicted molar refractivity (Wildman–Crippen MR) is 184 cm³/mol. The lowest BCUT2D eigenvalue weighted by Crippen LogP contribution is -2.31. The zero-order valence-corrected chi connectivity index (χ0v) is 23.9. The van der Waals surface area contributed by atoms with Crippen LogP contribution < -0.4 is 10.9 Å². The van der Waals surface area contributed by atoms with Gasteiger partial charge in [-0.25, -0.2) is 0 Å². The molecule has 0 saturated heterocycles. The van der Waals surface area contributed by atoms with Crippen LogP contribution in [0.3, 0.4) is 0 Å². The summed E-state index contributed by atoms with van der Waals surface area (Å²) >= 11 is 0. The Bertz CT molecular complexity index is 2180. The molecule has 0 fully saturated rings. The quantitative estimate of drug-likeness (QED) is 0.157. The molecule has 0 amide bonds. The zero-order chi connectivity index (χ0) is 28.2. The number of fused-ring (bicyclic) bond motifs is 5. The van der Waals surface area contributed by atoms with Gasteiger partial charge in [0.2, 0.25) is 0 Å². The molecule has 1 nitrogen and oxygen atoms in total. The topological polar surface area (TPSA) is 4.93 Å². The van der Waals surface area contributed by atoms with E-state index >= 15 is 0 Å². The van der Waals surface area contributed by atoms with Crippen LogP contribution in [0, 0.1) is 13.8 Å². The molecule has 42 heavy (non-hydrogen) atoms. The van der Waals surface area contributed by atoms with Gasteiger partial charge in [-0.1, -0.05) is 132 Å². The SMILES string of the molecule is Cc1cccc(Bc2c3ccccc3c(-c3ccc(-n4c5ccccc5c5ccccc54)cc3)c3ccccc23)c1C. The van der Waals surface area contributed by atoms with Crippen molar-refractivity contribution in [2.45, 2.75) is 13.8 Å². The molecule has 0 N–H and O–H groups in total. The monoisotopic (exact) mass is 535 g/mol. The summed E-state index contributed by atoms with van der Waals surface area (Å²) in [5.41, 5.74) is 11.7. The van der Waals surface area contributed by atoms with Gasteiger partial charge in [-0.15, -0.1) is 0 Å². The van der Waals surface area contributed by atoms with E-state index in [1.54, 1.807) is 0 Å². The normalized spacial score (nSPS) is 11.6. The summed E-state index contributed by atoms with van der Waals surface area (Å²) in [4.78, 5) is 0. The number of hydrogen-bond acceptors (Lipinski definition) is 0. The number of aromatic nitrogens is 1. The van der Waals surface area contributed by atoms with Crippen molar-refractivity contribution in [1.29, 1.82) is 0 Å². The average molecular weight is 535 g/mol. The first-order valence-corrected chi connectivity index (χ1v) is 14.8. The molecule has 0 aliphatic carbocycles. The summed E-state index contributed by atoms with van der Waals surface area (Å²) in [6.45, 7) is 4.46. The van der Waals surface area contributed by atoms with E-state index < -0.39 is 0 Å². The molecule has 8 aromatic rings. The first kappa shape index (κ1) is 24.7. The van der Waals surface area contributed by atoms with Gasteiger partial charge in [0.05, 0.1) is 11.0 Å². The Hall–Kier alpha value is -5.08. The van der Waals surface area contributed by atoms with Crippen molar-refractivity contribution >= 4 is 61.6 Å². The minimum absolute atomic E-state index is 0.918. The fraction of sp³-hybridized carbons (Fsp3) is 0.0500. The smallest absolute Gasteiger partial charge is 0.194 e. The summed E-state index contributed by atoms with van der Waals surface area (Å²) < 4.78 is 2.39. The molecule has 198 valence electrons. The summed E-state index contributed by atoms with van der Waals surface area (Å²) in [6, 6.07) is 51.2. The van der Waals surface area contributed by atoms with E-state index in [2.05, 4.69) is 158 Å². The third kappa shape index (κ3) is 3.79. The molecule has 0 spiro atoms. The second-order valence-corrected chi connectivity index (χ2v) is 11.4. The maximum atomic E-state index is 2.39. The van der Waals surface area contributed by atoms with Crippen molar-refractivity contribution in [3.63, 3.8) is 0 Å². The largest absolute Gasteiger partial charge is 0.309 e. The van der Waals surface area contributed by atoms with E-state index in [1.165, 1.54) is 82.2 Å². The van der Waals surface area contributed by atoms with Crippen molar-refractivity contribution in [3.05, 3.63) is 151 Å². The second kappa shape index (κ2) is 9.78. The van der Waals surface area contributed by atoms with Crippen LogP contribution in [0.15, 0.2) is 140 Å². The minimum atomic E-state index is 0.918. The standard InChI is InChI=1S/C40H30BN/c1-26-12-11-19-36(27(26)2)41-40-34-17-5-3-15-32(34)39(33-16-4-6-18-35(33)40)28-22-24-29(25-23-28)42-37-20-9-7-13-30(37)31-14-8-10-21-38(31)42/h3-25,41H,1-2H3. The molecule has 0 bridgehead atoms. The predicted octanol–water partition coefficient (Wildman–Crippen LogP) is 8.76. The summed E-state index contributed by atoms with van der Waals surface area (Å²) in [7, 11) is 0.918. The van der Waals surface area contributed by atoms with Crippen molar-refractivity contribution in [2.24, 2.45) is 0 Å². The molecule has 0 aliphatic heterocycles. The van der Waals surface area contributed by atoms with Crippen LogP contribution in [0.25, 0.3) is 60.2 Å². The van der Waals surface area contributed by atoms with Crippen LogP contribution in [0.5, 0.6) is 0 Å². The molecule has 1 aromatic heterocycles. The molecule has 0 aliphatic rings. The second-order valence-electron chi connectivity index (χ2n) is 11.4. The molecular weight excluding hydrogens is 505 g/mol. The van der Waals surface area contributed by atoms with E-state index in [9.17, 15) is 0 Å². The van der Waals surface area contributed by atoms with Gasteiger partial charge in [-0.3, -0.25) is 0 Å². The number of hydrogen-bond donors (Lipinski definition) is 0. The maximum Gasteiger partial charge on any atom is 0.194 e.